The summed E-state index contributed by atoms with van der Waals surface area (Å²) in [4.78, 5) is 29.9. The van der Waals surface area contributed by atoms with Crippen molar-refractivity contribution in [2.45, 2.75) is 25.0 Å². The van der Waals surface area contributed by atoms with E-state index in [9.17, 15) is 9.59 Å². The van der Waals surface area contributed by atoms with Crippen molar-refractivity contribution in [3.63, 3.8) is 0 Å². The van der Waals surface area contributed by atoms with Gasteiger partial charge in [0.1, 0.15) is 0 Å². The molecule has 2 aromatic carbocycles. The Balaban J connectivity index is 1.38. The van der Waals surface area contributed by atoms with Crippen molar-refractivity contribution in [3.05, 3.63) is 75.3 Å². The number of carbonyl (C=O) groups is 2. The number of anilines is 1. The molecule has 192 valence electrons. The first kappa shape index (κ1) is 27.1. The van der Waals surface area contributed by atoms with Gasteiger partial charge < -0.3 is 15.2 Å². The smallest absolute Gasteiger partial charge is 0.251 e. The fraction of sp³-hybridized carbons (Fsp3) is 0.240. The van der Waals surface area contributed by atoms with Gasteiger partial charge in [0.05, 0.1) is 27.5 Å². The lowest BCUT2D eigenvalue weighted by Gasteiger charge is -2.21. The number of nitrogens with one attached hydrogen (secondary N) is 2. The molecule has 2 amide bonds. The van der Waals surface area contributed by atoms with Crippen LogP contribution in [0.4, 0.5) is 5.13 Å². The normalized spacial score (nSPS) is 11.9. The predicted molar refractivity (Wildman–Crippen MR) is 149 cm³/mol. The van der Waals surface area contributed by atoms with Crippen LogP contribution in [0.2, 0.25) is 10.0 Å². The van der Waals surface area contributed by atoms with Crippen LogP contribution in [0.3, 0.4) is 0 Å². The molecule has 12 heteroatoms. The summed E-state index contributed by atoms with van der Waals surface area (Å²) in [6, 6.07) is 14.1. The standard InChI is InChI=1S/C25H24Cl2N6O2S2/c1-14(2)21(30-23(35)16-9-10-17(26)18(27)11-16)22-31-32-25(33(22)3)37-13-20(34)29-24-28-19(12-36-24)15-7-5-4-6-8-15/h4-12,14,21H,13H2,1-3H3,(H,30,35)(H,28,29,34)/t21-/m0/s1. The van der Waals surface area contributed by atoms with E-state index in [-0.39, 0.29) is 23.5 Å². The number of hydrogen-bond donors (Lipinski definition) is 2. The number of nitrogens with zero attached hydrogens (tertiary/aromatic N) is 4. The second-order valence-electron chi connectivity index (χ2n) is 8.46. The molecule has 1 atom stereocenters. The van der Waals surface area contributed by atoms with Gasteiger partial charge in [-0.3, -0.25) is 9.59 Å². The Kier molecular flexibility index (Phi) is 8.86. The Morgan fingerprint density at radius 2 is 1.84 bits per heavy atom. The summed E-state index contributed by atoms with van der Waals surface area (Å²) < 4.78 is 1.79. The highest BCUT2D eigenvalue weighted by Gasteiger charge is 2.25. The first-order valence-corrected chi connectivity index (χ1v) is 13.9. The third-order valence-electron chi connectivity index (χ3n) is 5.43. The number of thiazole rings is 1. The van der Waals surface area contributed by atoms with E-state index >= 15 is 0 Å². The van der Waals surface area contributed by atoms with Crippen molar-refractivity contribution in [1.82, 2.24) is 25.1 Å². The molecular weight excluding hydrogens is 551 g/mol. The van der Waals surface area contributed by atoms with E-state index in [0.29, 0.717) is 31.7 Å². The molecule has 0 unspecified atom stereocenters. The number of rotatable bonds is 9. The number of halogens is 2. The minimum absolute atomic E-state index is 0.0273. The predicted octanol–water partition coefficient (Wildman–Crippen LogP) is 6.10. The van der Waals surface area contributed by atoms with Gasteiger partial charge in [-0.05, 0) is 24.1 Å². The van der Waals surface area contributed by atoms with Crippen LogP contribution in [-0.4, -0.2) is 37.3 Å². The van der Waals surface area contributed by atoms with Crippen LogP contribution in [-0.2, 0) is 11.8 Å². The number of carbonyl (C=O) groups excluding carboxylic acids is 2. The third kappa shape index (κ3) is 6.70. The zero-order valence-corrected chi connectivity index (χ0v) is 23.4. The maximum atomic E-state index is 12.9. The van der Waals surface area contributed by atoms with Gasteiger partial charge in [0.15, 0.2) is 16.1 Å². The topological polar surface area (TPSA) is 102 Å². The van der Waals surface area contributed by atoms with E-state index in [4.69, 9.17) is 23.2 Å². The minimum atomic E-state index is -0.408. The molecule has 0 aliphatic heterocycles. The average molecular weight is 576 g/mol. The molecule has 0 radical (unpaired) electrons. The lowest BCUT2D eigenvalue weighted by atomic mass is 10.0. The van der Waals surface area contributed by atoms with E-state index in [0.717, 1.165) is 11.3 Å². The first-order valence-electron chi connectivity index (χ1n) is 11.3. The monoisotopic (exact) mass is 574 g/mol. The number of hydrogen-bond acceptors (Lipinski definition) is 7. The number of benzene rings is 2. The molecule has 2 aromatic heterocycles. The lowest BCUT2D eigenvalue weighted by Crippen LogP contribution is -2.33. The second kappa shape index (κ2) is 12.1. The Labute approximate surface area is 232 Å². The fourth-order valence-corrected chi connectivity index (χ4v) is 5.22. The van der Waals surface area contributed by atoms with E-state index < -0.39 is 6.04 Å². The molecule has 0 saturated carbocycles. The van der Waals surface area contributed by atoms with Gasteiger partial charge in [0, 0.05) is 23.6 Å². The highest BCUT2D eigenvalue weighted by atomic mass is 35.5. The van der Waals surface area contributed by atoms with Crippen molar-refractivity contribution in [2.75, 3.05) is 11.1 Å². The van der Waals surface area contributed by atoms with Crippen molar-refractivity contribution >= 4 is 63.2 Å². The van der Waals surface area contributed by atoms with E-state index in [1.165, 1.54) is 29.2 Å². The average Bonchev–Trinajstić information content (AvgIpc) is 3.49. The summed E-state index contributed by atoms with van der Waals surface area (Å²) in [7, 11) is 1.81. The zero-order chi connectivity index (χ0) is 26.5. The van der Waals surface area contributed by atoms with Crippen LogP contribution in [0.15, 0.2) is 59.1 Å². The van der Waals surface area contributed by atoms with E-state index in [1.807, 2.05) is 56.6 Å². The lowest BCUT2D eigenvalue weighted by molar-refractivity contribution is -0.113. The van der Waals surface area contributed by atoms with Gasteiger partial charge in [-0.2, -0.15) is 0 Å². The summed E-state index contributed by atoms with van der Waals surface area (Å²) in [6.45, 7) is 3.96. The molecule has 0 saturated heterocycles. The second-order valence-corrected chi connectivity index (χ2v) is 11.1. The highest BCUT2D eigenvalue weighted by molar-refractivity contribution is 7.99. The van der Waals surface area contributed by atoms with Gasteiger partial charge in [-0.1, -0.05) is 79.1 Å². The van der Waals surface area contributed by atoms with Crippen molar-refractivity contribution in [3.8, 4) is 11.3 Å². The summed E-state index contributed by atoms with van der Waals surface area (Å²) in [5.74, 6) is 0.246. The van der Waals surface area contributed by atoms with E-state index in [1.54, 1.807) is 16.7 Å². The van der Waals surface area contributed by atoms with Crippen LogP contribution >= 0.6 is 46.3 Å². The molecule has 0 aliphatic carbocycles. The summed E-state index contributed by atoms with van der Waals surface area (Å²) in [6.07, 6.45) is 0. The Bertz CT molecular complexity index is 1410. The number of amides is 2. The molecule has 0 fully saturated rings. The molecule has 2 N–H and O–H groups in total. The SMILES string of the molecule is CC(C)[C@H](NC(=O)c1ccc(Cl)c(Cl)c1)c1nnc(SCC(=O)Nc2nc(-c3ccccc3)cs2)n1C. The minimum Gasteiger partial charge on any atom is -0.342 e. The first-order chi connectivity index (χ1) is 17.7. The van der Waals surface area contributed by atoms with Crippen LogP contribution in [0, 0.1) is 5.92 Å². The van der Waals surface area contributed by atoms with Gasteiger partial charge >= 0.3 is 0 Å². The third-order valence-corrected chi connectivity index (χ3v) is 7.95. The van der Waals surface area contributed by atoms with Crippen molar-refractivity contribution < 1.29 is 9.59 Å². The highest BCUT2D eigenvalue weighted by Crippen LogP contribution is 2.27. The maximum absolute atomic E-state index is 12.9. The molecule has 2 heterocycles. The van der Waals surface area contributed by atoms with Crippen molar-refractivity contribution in [1.29, 1.82) is 0 Å². The quantitative estimate of drug-likeness (QED) is 0.234. The molecular formula is C25H24Cl2N6O2S2. The Morgan fingerprint density at radius 1 is 1.08 bits per heavy atom. The molecule has 0 bridgehead atoms. The van der Waals surface area contributed by atoms with E-state index in [2.05, 4.69) is 25.8 Å². The number of thioether (sulfide) groups is 1. The fourth-order valence-electron chi connectivity index (χ4n) is 3.47. The molecule has 4 rings (SSSR count). The van der Waals surface area contributed by atoms with Gasteiger partial charge in [0.25, 0.3) is 5.91 Å². The van der Waals surface area contributed by atoms with Crippen LogP contribution in [0.1, 0.15) is 36.1 Å². The van der Waals surface area contributed by atoms with Crippen molar-refractivity contribution in [2.24, 2.45) is 13.0 Å². The maximum Gasteiger partial charge on any atom is 0.251 e. The molecule has 4 aromatic rings. The largest absolute Gasteiger partial charge is 0.342 e. The summed E-state index contributed by atoms with van der Waals surface area (Å²) in [5.41, 5.74) is 2.20. The Morgan fingerprint density at radius 3 is 2.54 bits per heavy atom. The molecule has 0 aliphatic rings. The van der Waals surface area contributed by atoms with Crippen LogP contribution in [0.25, 0.3) is 11.3 Å². The van der Waals surface area contributed by atoms with Crippen LogP contribution in [0.5, 0.6) is 0 Å². The summed E-state index contributed by atoms with van der Waals surface area (Å²) in [5, 5.41) is 18.1. The van der Waals surface area contributed by atoms with Gasteiger partial charge in [0.2, 0.25) is 5.91 Å². The zero-order valence-electron chi connectivity index (χ0n) is 20.2. The van der Waals surface area contributed by atoms with Crippen LogP contribution < -0.4 is 10.6 Å². The molecule has 8 nitrogen and oxygen atoms in total. The molecule has 37 heavy (non-hydrogen) atoms. The van der Waals surface area contributed by atoms with Gasteiger partial charge in [-0.15, -0.1) is 21.5 Å². The number of aromatic nitrogens is 4. The van der Waals surface area contributed by atoms with Gasteiger partial charge in [-0.25, -0.2) is 4.98 Å². The summed E-state index contributed by atoms with van der Waals surface area (Å²) >= 11 is 14.7. The molecule has 0 spiro atoms. The Hall–Kier alpha value is -2.92.